The highest BCUT2D eigenvalue weighted by atomic mass is 14.9. The molecular weight excluding hydrogens is 232 g/mol. The van der Waals surface area contributed by atoms with Crippen LogP contribution >= 0.6 is 0 Å². The zero-order chi connectivity index (χ0) is 12.9. The highest BCUT2D eigenvalue weighted by Crippen LogP contribution is 2.20. The van der Waals surface area contributed by atoms with Gasteiger partial charge in [0.2, 0.25) is 0 Å². The number of allylic oxidation sites excluding steroid dienone is 5. The molecule has 96 valence electrons. The van der Waals surface area contributed by atoms with Crippen LogP contribution in [0.25, 0.3) is 0 Å². The van der Waals surface area contributed by atoms with E-state index < -0.39 is 0 Å². The topological polar surface area (TPSA) is 24.4 Å². The molecule has 1 aliphatic carbocycles. The molecule has 0 radical (unpaired) electrons. The summed E-state index contributed by atoms with van der Waals surface area (Å²) in [5.41, 5.74) is 3.56. The molecule has 1 aromatic carbocycles. The molecule has 1 aliphatic heterocycles. The largest absolute Gasteiger partial charge is 0.386 e. The van der Waals surface area contributed by atoms with Gasteiger partial charge in [-0.15, -0.1) is 0 Å². The molecule has 19 heavy (non-hydrogen) atoms. The van der Waals surface area contributed by atoms with Crippen LogP contribution in [0.4, 0.5) is 0 Å². The Morgan fingerprint density at radius 3 is 2.79 bits per heavy atom. The lowest BCUT2D eigenvalue weighted by molar-refractivity contribution is 0.665. The third kappa shape index (κ3) is 2.84. The van der Waals surface area contributed by atoms with Crippen molar-refractivity contribution in [1.82, 2.24) is 5.32 Å². The lowest BCUT2D eigenvalue weighted by Gasteiger charge is -2.18. The first kappa shape index (κ1) is 12.0. The first-order valence-corrected chi connectivity index (χ1v) is 6.82. The Balaban J connectivity index is 1.89. The first-order chi connectivity index (χ1) is 9.43. The predicted octanol–water partition coefficient (Wildman–Crippen LogP) is 3.10. The molecule has 1 N–H and O–H groups in total. The summed E-state index contributed by atoms with van der Waals surface area (Å²) >= 11 is 0. The van der Waals surface area contributed by atoms with Gasteiger partial charge in [0.05, 0.1) is 12.3 Å². The SMILES string of the molecule is C1=CCC(C2=CC(c3ccccc3)=NCCN2)C=C1. The standard InChI is InChI=1S/C17H18N2/c1-3-7-14(8-4-1)16-13-17(19-12-11-18-16)15-9-5-2-6-10-15/h1-9,13,15,19H,10-12H2. The smallest absolute Gasteiger partial charge is 0.0664 e. The first-order valence-electron chi connectivity index (χ1n) is 6.82. The van der Waals surface area contributed by atoms with Crippen LogP contribution < -0.4 is 5.32 Å². The fourth-order valence-corrected chi connectivity index (χ4v) is 2.45. The number of hydrogen-bond donors (Lipinski definition) is 1. The summed E-state index contributed by atoms with van der Waals surface area (Å²) in [5, 5.41) is 3.51. The molecule has 2 nitrogen and oxygen atoms in total. The number of rotatable bonds is 2. The zero-order valence-electron chi connectivity index (χ0n) is 10.9. The van der Waals surface area contributed by atoms with Crippen molar-refractivity contribution < 1.29 is 0 Å². The zero-order valence-corrected chi connectivity index (χ0v) is 10.9. The Hall–Kier alpha value is -2.09. The van der Waals surface area contributed by atoms with Gasteiger partial charge in [-0.3, -0.25) is 4.99 Å². The Kier molecular flexibility index (Phi) is 3.59. The van der Waals surface area contributed by atoms with Gasteiger partial charge >= 0.3 is 0 Å². The van der Waals surface area contributed by atoms with E-state index in [-0.39, 0.29) is 0 Å². The number of aliphatic imine (C=N–C) groups is 1. The highest BCUT2D eigenvalue weighted by Gasteiger charge is 2.14. The molecule has 2 heteroatoms. The minimum atomic E-state index is 0.456. The summed E-state index contributed by atoms with van der Waals surface area (Å²) in [6.07, 6.45) is 12.0. The maximum atomic E-state index is 4.67. The second kappa shape index (κ2) is 5.70. The summed E-state index contributed by atoms with van der Waals surface area (Å²) in [4.78, 5) is 4.67. The van der Waals surface area contributed by atoms with Crippen molar-refractivity contribution in [2.24, 2.45) is 10.9 Å². The molecule has 3 rings (SSSR count). The van der Waals surface area contributed by atoms with Gasteiger partial charge in [0.15, 0.2) is 0 Å². The van der Waals surface area contributed by atoms with E-state index >= 15 is 0 Å². The van der Waals surface area contributed by atoms with Crippen molar-refractivity contribution in [3.8, 4) is 0 Å². The van der Waals surface area contributed by atoms with Crippen molar-refractivity contribution in [2.75, 3.05) is 13.1 Å². The van der Waals surface area contributed by atoms with E-state index in [1.165, 1.54) is 11.3 Å². The molecule has 0 spiro atoms. The summed E-state index contributed by atoms with van der Waals surface area (Å²) in [5.74, 6) is 0.456. The second-order valence-corrected chi connectivity index (χ2v) is 4.81. The van der Waals surface area contributed by atoms with Crippen LogP contribution in [-0.2, 0) is 0 Å². The molecule has 0 aromatic heterocycles. The van der Waals surface area contributed by atoms with Gasteiger partial charge in [0.1, 0.15) is 0 Å². The van der Waals surface area contributed by atoms with E-state index in [9.17, 15) is 0 Å². The molecule has 1 unspecified atom stereocenters. The molecule has 2 aliphatic rings. The van der Waals surface area contributed by atoms with Gasteiger partial charge in [-0.25, -0.2) is 0 Å². The Bertz CT molecular complexity index is 550. The van der Waals surface area contributed by atoms with Gasteiger partial charge in [-0.2, -0.15) is 0 Å². The summed E-state index contributed by atoms with van der Waals surface area (Å²) in [7, 11) is 0. The van der Waals surface area contributed by atoms with Crippen molar-refractivity contribution in [1.29, 1.82) is 0 Å². The van der Waals surface area contributed by atoms with E-state index in [1.807, 2.05) is 6.07 Å². The van der Waals surface area contributed by atoms with Gasteiger partial charge in [-0.1, -0.05) is 54.6 Å². The summed E-state index contributed by atoms with van der Waals surface area (Å²) in [6.45, 7) is 1.74. The molecule has 0 saturated carbocycles. The fraction of sp³-hybridized carbons (Fsp3) is 0.235. The van der Waals surface area contributed by atoms with E-state index in [0.717, 1.165) is 25.2 Å². The van der Waals surface area contributed by atoms with Crippen LogP contribution in [0, 0.1) is 5.92 Å². The number of nitrogens with zero attached hydrogens (tertiary/aromatic N) is 1. The predicted molar refractivity (Wildman–Crippen MR) is 80.3 cm³/mol. The Morgan fingerprint density at radius 1 is 1.11 bits per heavy atom. The molecule has 0 fully saturated rings. The lowest BCUT2D eigenvalue weighted by atomic mass is 9.95. The number of hydrogen-bond acceptors (Lipinski definition) is 2. The van der Waals surface area contributed by atoms with Gasteiger partial charge < -0.3 is 5.32 Å². The summed E-state index contributed by atoms with van der Waals surface area (Å²) < 4.78 is 0. The van der Waals surface area contributed by atoms with Crippen LogP contribution in [0.2, 0.25) is 0 Å². The molecule has 1 heterocycles. The Labute approximate surface area is 114 Å². The monoisotopic (exact) mass is 250 g/mol. The minimum Gasteiger partial charge on any atom is -0.386 e. The van der Waals surface area contributed by atoms with E-state index in [0.29, 0.717) is 5.92 Å². The molecule has 0 bridgehead atoms. The van der Waals surface area contributed by atoms with Crippen molar-refractivity contribution in [3.63, 3.8) is 0 Å². The van der Waals surface area contributed by atoms with Crippen molar-refractivity contribution >= 4 is 5.71 Å². The average Bonchev–Trinajstić information content (AvgIpc) is 2.75. The normalized spacial score (nSPS) is 22.2. The quantitative estimate of drug-likeness (QED) is 0.857. The van der Waals surface area contributed by atoms with Crippen LogP contribution in [0.5, 0.6) is 0 Å². The second-order valence-electron chi connectivity index (χ2n) is 4.81. The molecule has 0 amide bonds. The average molecular weight is 250 g/mol. The maximum absolute atomic E-state index is 4.67. The van der Waals surface area contributed by atoms with Gasteiger partial charge in [-0.05, 0) is 18.1 Å². The fourth-order valence-electron chi connectivity index (χ4n) is 2.45. The van der Waals surface area contributed by atoms with Crippen LogP contribution in [0.1, 0.15) is 12.0 Å². The lowest BCUT2D eigenvalue weighted by Crippen LogP contribution is -2.21. The third-order valence-electron chi connectivity index (χ3n) is 3.46. The maximum Gasteiger partial charge on any atom is 0.0664 e. The highest BCUT2D eigenvalue weighted by molar-refractivity contribution is 6.09. The van der Waals surface area contributed by atoms with Gasteiger partial charge in [0, 0.05) is 18.2 Å². The third-order valence-corrected chi connectivity index (χ3v) is 3.46. The molecular formula is C17H18N2. The van der Waals surface area contributed by atoms with E-state index in [2.05, 4.69) is 65.0 Å². The molecule has 1 atom stereocenters. The van der Waals surface area contributed by atoms with Crippen LogP contribution in [0.3, 0.4) is 0 Å². The Morgan fingerprint density at radius 2 is 2.00 bits per heavy atom. The summed E-state index contributed by atoms with van der Waals surface area (Å²) in [6, 6.07) is 10.4. The minimum absolute atomic E-state index is 0.456. The van der Waals surface area contributed by atoms with E-state index in [1.54, 1.807) is 0 Å². The van der Waals surface area contributed by atoms with Crippen LogP contribution in [0.15, 0.2) is 71.4 Å². The van der Waals surface area contributed by atoms with E-state index in [4.69, 9.17) is 0 Å². The van der Waals surface area contributed by atoms with Crippen molar-refractivity contribution in [3.05, 3.63) is 72.0 Å². The van der Waals surface area contributed by atoms with Crippen LogP contribution in [-0.4, -0.2) is 18.8 Å². The number of nitrogens with one attached hydrogen (secondary N) is 1. The van der Waals surface area contributed by atoms with Gasteiger partial charge in [0.25, 0.3) is 0 Å². The molecule has 1 aromatic rings. The van der Waals surface area contributed by atoms with Crippen molar-refractivity contribution in [2.45, 2.75) is 6.42 Å². The molecule has 0 saturated heterocycles. The number of benzene rings is 1.